The molecule has 1 aliphatic carbocycles. The molecule has 12 heavy (non-hydrogen) atoms. The summed E-state index contributed by atoms with van der Waals surface area (Å²) >= 11 is 0. The average molecular weight is 158 g/mol. The Hall–Kier alpha value is -1.04. The number of hydrogen-bond acceptors (Lipinski definition) is 0. The highest BCUT2D eigenvalue weighted by Gasteiger charge is 2.07. The van der Waals surface area contributed by atoms with Gasteiger partial charge in [-0.25, -0.2) is 0 Å². The summed E-state index contributed by atoms with van der Waals surface area (Å²) in [6.07, 6.45) is 3.47. The van der Waals surface area contributed by atoms with E-state index < -0.39 is 0 Å². The van der Waals surface area contributed by atoms with Gasteiger partial charge >= 0.3 is 0 Å². The molecule has 0 fully saturated rings. The Morgan fingerprint density at radius 2 is 1.92 bits per heavy atom. The van der Waals surface area contributed by atoms with E-state index in [0.717, 1.165) is 6.42 Å². The molecule has 0 bridgehead atoms. The normalized spacial score (nSPS) is 14.8. The van der Waals surface area contributed by atoms with Crippen LogP contribution in [0.15, 0.2) is 24.3 Å². The molecule has 0 unspecified atom stereocenters. The molecule has 1 aromatic rings. The molecule has 0 spiro atoms. The molecule has 1 aromatic carbocycles. The summed E-state index contributed by atoms with van der Waals surface area (Å²) in [5.41, 5.74) is 1.59. The van der Waals surface area contributed by atoms with Gasteiger partial charge < -0.3 is 0 Å². The Kier molecular flexibility index (Phi) is 1.76. The van der Waals surface area contributed by atoms with E-state index in [2.05, 4.69) is 44.2 Å². The van der Waals surface area contributed by atoms with Gasteiger partial charge in [-0.3, -0.25) is 0 Å². The van der Waals surface area contributed by atoms with Crippen molar-refractivity contribution in [3.8, 4) is 0 Å². The second kappa shape index (κ2) is 2.78. The maximum atomic E-state index is 2.32. The van der Waals surface area contributed by atoms with E-state index in [1.807, 2.05) is 0 Å². The van der Waals surface area contributed by atoms with Gasteiger partial charge in [0.05, 0.1) is 0 Å². The standard InChI is InChI=1S/C12H14/c1-9(2)11-8-7-10-5-3-4-6-12(10)11/h3-7,9H,8H2,1-2H3. The minimum absolute atomic E-state index is 0.685. The van der Waals surface area contributed by atoms with Gasteiger partial charge in [0, 0.05) is 0 Å². The van der Waals surface area contributed by atoms with E-state index in [1.165, 1.54) is 10.4 Å². The van der Waals surface area contributed by atoms with Gasteiger partial charge in [0.25, 0.3) is 0 Å². The zero-order valence-corrected chi connectivity index (χ0v) is 7.67. The molecule has 0 aliphatic heterocycles. The first kappa shape index (κ1) is 7.60. The van der Waals surface area contributed by atoms with Crippen LogP contribution in [0.2, 0.25) is 0 Å². The van der Waals surface area contributed by atoms with Crippen LogP contribution >= 0.6 is 0 Å². The Balaban J connectivity index is 2.74. The van der Waals surface area contributed by atoms with Crippen molar-refractivity contribution in [2.24, 2.45) is 5.92 Å². The zero-order chi connectivity index (χ0) is 8.55. The van der Waals surface area contributed by atoms with Crippen molar-refractivity contribution in [3.63, 3.8) is 0 Å². The maximum absolute atomic E-state index is 2.32. The van der Waals surface area contributed by atoms with E-state index in [4.69, 9.17) is 0 Å². The number of rotatable bonds is 1. The van der Waals surface area contributed by atoms with Crippen molar-refractivity contribution in [2.75, 3.05) is 0 Å². The van der Waals surface area contributed by atoms with Crippen molar-refractivity contribution in [1.29, 1.82) is 0 Å². The van der Waals surface area contributed by atoms with Gasteiger partial charge in [-0.05, 0) is 22.8 Å². The summed E-state index contributed by atoms with van der Waals surface area (Å²) in [4.78, 5) is 0. The predicted molar refractivity (Wildman–Crippen MR) is 53.0 cm³/mol. The van der Waals surface area contributed by atoms with Gasteiger partial charge in [-0.1, -0.05) is 49.8 Å². The van der Waals surface area contributed by atoms with E-state index >= 15 is 0 Å². The Morgan fingerprint density at radius 1 is 1.17 bits per heavy atom. The third kappa shape index (κ3) is 1.08. The zero-order valence-electron chi connectivity index (χ0n) is 7.67. The lowest BCUT2D eigenvalue weighted by Crippen LogP contribution is -2.22. The lowest BCUT2D eigenvalue weighted by Gasteiger charge is -2.04. The van der Waals surface area contributed by atoms with Crippen LogP contribution < -0.4 is 10.4 Å². The van der Waals surface area contributed by atoms with Gasteiger partial charge in [0.15, 0.2) is 0 Å². The maximum Gasteiger partial charge on any atom is -0.0118 e. The largest absolute Gasteiger partial charge is 0.0726 e. The van der Waals surface area contributed by atoms with E-state index in [-0.39, 0.29) is 0 Å². The first-order valence-electron chi connectivity index (χ1n) is 4.57. The Bertz CT molecular complexity index is 396. The molecule has 62 valence electrons. The van der Waals surface area contributed by atoms with Crippen molar-refractivity contribution < 1.29 is 0 Å². The monoisotopic (exact) mass is 158 g/mol. The summed E-state index contributed by atoms with van der Waals surface area (Å²) < 4.78 is 0. The molecule has 2 rings (SSSR count). The lowest BCUT2D eigenvalue weighted by molar-refractivity contribution is 0.834. The Morgan fingerprint density at radius 3 is 2.67 bits per heavy atom. The van der Waals surface area contributed by atoms with Gasteiger partial charge in [0.2, 0.25) is 0 Å². The molecular weight excluding hydrogens is 144 g/mol. The fourth-order valence-corrected chi connectivity index (χ4v) is 1.84. The summed E-state index contributed by atoms with van der Waals surface area (Å²) in [5, 5.41) is 2.88. The molecule has 0 heterocycles. The lowest BCUT2D eigenvalue weighted by atomic mass is 10.0. The number of fused-ring (bicyclic) bond motifs is 1. The highest BCUT2D eigenvalue weighted by Crippen LogP contribution is 2.15. The summed E-state index contributed by atoms with van der Waals surface area (Å²) in [5.74, 6) is 0.685. The highest BCUT2D eigenvalue weighted by atomic mass is 14.1. The van der Waals surface area contributed by atoms with Gasteiger partial charge in [-0.2, -0.15) is 0 Å². The first-order valence-corrected chi connectivity index (χ1v) is 4.57. The quantitative estimate of drug-likeness (QED) is 0.583. The second-order valence-corrected chi connectivity index (χ2v) is 3.68. The molecule has 0 radical (unpaired) electrons. The average Bonchev–Trinajstić information content (AvgIpc) is 2.47. The molecule has 1 aliphatic rings. The van der Waals surface area contributed by atoms with E-state index in [1.54, 1.807) is 5.57 Å². The SMILES string of the molecule is CC(C)C1=c2ccccc2=CC1. The first-order chi connectivity index (χ1) is 5.79. The second-order valence-electron chi connectivity index (χ2n) is 3.68. The van der Waals surface area contributed by atoms with Crippen LogP contribution in [0.1, 0.15) is 20.3 Å². The minimum atomic E-state index is 0.685. The van der Waals surface area contributed by atoms with Crippen LogP contribution in [0.4, 0.5) is 0 Å². The smallest absolute Gasteiger partial charge is 0.0118 e. The van der Waals surface area contributed by atoms with Crippen LogP contribution in [0, 0.1) is 5.92 Å². The molecule has 0 amide bonds. The van der Waals surface area contributed by atoms with Crippen LogP contribution in [-0.4, -0.2) is 0 Å². The van der Waals surface area contributed by atoms with E-state index in [9.17, 15) is 0 Å². The fourth-order valence-electron chi connectivity index (χ4n) is 1.84. The Labute approximate surface area is 73.2 Å². The predicted octanol–water partition coefficient (Wildman–Crippen LogP) is 1.68. The molecule has 0 aromatic heterocycles. The van der Waals surface area contributed by atoms with Crippen LogP contribution in [0.3, 0.4) is 0 Å². The van der Waals surface area contributed by atoms with Gasteiger partial charge in [0.1, 0.15) is 0 Å². The molecule has 0 saturated carbocycles. The third-order valence-electron chi connectivity index (χ3n) is 2.55. The fraction of sp³-hybridized carbons (Fsp3) is 0.333. The molecular formula is C12H14. The van der Waals surface area contributed by atoms with Crippen molar-refractivity contribution >= 4 is 11.6 Å². The summed E-state index contributed by atoms with van der Waals surface area (Å²) in [6, 6.07) is 8.66. The van der Waals surface area contributed by atoms with Crippen molar-refractivity contribution in [3.05, 3.63) is 34.7 Å². The van der Waals surface area contributed by atoms with Gasteiger partial charge in [-0.15, -0.1) is 0 Å². The highest BCUT2D eigenvalue weighted by molar-refractivity contribution is 5.60. The molecule has 0 saturated heterocycles. The molecule has 0 N–H and O–H groups in total. The topological polar surface area (TPSA) is 0 Å². The van der Waals surface area contributed by atoms with Crippen LogP contribution in [0.25, 0.3) is 11.6 Å². The molecule has 0 atom stereocenters. The number of benzene rings is 1. The summed E-state index contributed by atoms with van der Waals surface area (Å²) in [7, 11) is 0. The van der Waals surface area contributed by atoms with E-state index in [0.29, 0.717) is 5.92 Å². The van der Waals surface area contributed by atoms with Crippen LogP contribution in [0.5, 0.6) is 0 Å². The molecule has 0 nitrogen and oxygen atoms in total. The molecule has 0 heteroatoms. The van der Waals surface area contributed by atoms with Crippen molar-refractivity contribution in [1.82, 2.24) is 0 Å². The van der Waals surface area contributed by atoms with Crippen LogP contribution in [-0.2, 0) is 0 Å². The minimum Gasteiger partial charge on any atom is -0.0726 e. The van der Waals surface area contributed by atoms with Crippen molar-refractivity contribution in [2.45, 2.75) is 20.3 Å². The third-order valence-corrected chi connectivity index (χ3v) is 2.55. The number of hydrogen-bond donors (Lipinski definition) is 0. The summed E-state index contributed by atoms with van der Waals surface area (Å²) in [6.45, 7) is 4.54.